The normalized spacial score (nSPS) is 23.7. The zero-order chi connectivity index (χ0) is 21.2. The molecule has 2 atom stereocenters. The van der Waals surface area contributed by atoms with E-state index in [0.29, 0.717) is 25.2 Å². The predicted octanol–water partition coefficient (Wildman–Crippen LogP) is 2.90. The van der Waals surface area contributed by atoms with Crippen LogP contribution in [0.3, 0.4) is 0 Å². The van der Waals surface area contributed by atoms with Crippen LogP contribution in [0.25, 0.3) is 0 Å². The molecular weight excluding hydrogens is 374 g/mol. The highest BCUT2D eigenvalue weighted by atomic mass is 16.1. The fourth-order valence-corrected chi connectivity index (χ4v) is 4.67. The summed E-state index contributed by atoms with van der Waals surface area (Å²) >= 11 is 0. The van der Waals surface area contributed by atoms with Crippen LogP contribution in [0.2, 0.25) is 0 Å². The van der Waals surface area contributed by atoms with Crippen molar-refractivity contribution in [3.63, 3.8) is 0 Å². The van der Waals surface area contributed by atoms with Gasteiger partial charge in [-0.15, -0.1) is 0 Å². The molecule has 1 heterocycles. The van der Waals surface area contributed by atoms with Gasteiger partial charge in [0.25, 0.3) is 0 Å². The molecule has 6 heteroatoms. The lowest BCUT2D eigenvalue weighted by atomic mass is 9.89. The van der Waals surface area contributed by atoms with Gasteiger partial charge in [-0.3, -0.25) is 14.7 Å². The van der Waals surface area contributed by atoms with Gasteiger partial charge in [0.1, 0.15) is 0 Å². The van der Waals surface area contributed by atoms with Gasteiger partial charge in [-0.1, -0.05) is 49.6 Å². The number of piperidine rings is 1. The largest absolute Gasteiger partial charge is 0.355 e. The van der Waals surface area contributed by atoms with Crippen LogP contribution in [0, 0.1) is 5.92 Å². The zero-order valence-electron chi connectivity index (χ0n) is 18.7. The third kappa shape index (κ3) is 7.01. The first-order valence-corrected chi connectivity index (χ1v) is 11.7. The molecule has 1 saturated heterocycles. The van der Waals surface area contributed by atoms with E-state index in [1.807, 2.05) is 7.05 Å². The number of carbonyl (C=O) groups excluding carboxylic acids is 1. The lowest BCUT2D eigenvalue weighted by Crippen LogP contribution is -2.52. The van der Waals surface area contributed by atoms with Gasteiger partial charge in [0.2, 0.25) is 5.91 Å². The highest BCUT2D eigenvalue weighted by molar-refractivity contribution is 5.80. The summed E-state index contributed by atoms with van der Waals surface area (Å²) in [5, 5.41) is 10.0. The first-order chi connectivity index (χ1) is 14.7. The molecule has 1 aliphatic heterocycles. The summed E-state index contributed by atoms with van der Waals surface area (Å²) in [5.41, 5.74) is 1.38. The minimum absolute atomic E-state index is 0.221. The van der Waals surface area contributed by atoms with Crippen molar-refractivity contribution in [2.75, 3.05) is 26.7 Å². The highest BCUT2D eigenvalue weighted by Gasteiger charge is 2.26. The molecular formula is C24H39N5O. The van der Waals surface area contributed by atoms with Gasteiger partial charge in [0.05, 0.1) is 0 Å². The number of carbonyl (C=O) groups is 1. The molecule has 0 aromatic heterocycles. The third-order valence-corrected chi connectivity index (χ3v) is 6.50. The Bertz CT molecular complexity index is 671. The third-order valence-electron chi connectivity index (χ3n) is 6.50. The monoisotopic (exact) mass is 413 g/mol. The molecule has 3 N–H and O–H groups in total. The summed E-state index contributed by atoms with van der Waals surface area (Å²) in [5.74, 6) is 1.27. The van der Waals surface area contributed by atoms with E-state index in [4.69, 9.17) is 0 Å². The number of rotatable bonds is 7. The molecule has 0 radical (unpaired) electrons. The van der Waals surface area contributed by atoms with E-state index in [1.165, 1.54) is 24.8 Å². The number of nitrogens with zero attached hydrogens (tertiary/aromatic N) is 2. The Morgan fingerprint density at radius 2 is 1.80 bits per heavy atom. The number of guanidine groups is 1. The summed E-state index contributed by atoms with van der Waals surface area (Å²) in [6, 6.07) is 11.7. The Morgan fingerprint density at radius 3 is 2.50 bits per heavy atom. The van der Waals surface area contributed by atoms with E-state index >= 15 is 0 Å². The molecule has 0 bridgehead atoms. The Balaban J connectivity index is 1.34. The minimum Gasteiger partial charge on any atom is -0.355 e. The molecule has 2 unspecified atom stereocenters. The average Bonchev–Trinajstić information content (AvgIpc) is 2.78. The van der Waals surface area contributed by atoms with Gasteiger partial charge in [-0.25, -0.2) is 0 Å². The number of nitrogens with one attached hydrogen (secondary N) is 3. The minimum atomic E-state index is 0.221. The number of hydrogen-bond acceptors (Lipinski definition) is 3. The zero-order valence-corrected chi connectivity index (χ0v) is 18.7. The molecule has 1 aromatic carbocycles. The average molecular weight is 414 g/mol. The predicted molar refractivity (Wildman–Crippen MR) is 123 cm³/mol. The van der Waals surface area contributed by atoms with Gasteiger partial charge in [-0.2, -0.15) is 0 Å². The van der Waals surface area contributed by atoms with Crippen LogP contribution in [-0.2, 0) is 11.3 Å². The van der Waals surface area contributed by atoms with Crippen LogP contribution in [-0.4, -0.2) is 55.5 Å². The Hall–Kier alpha value is -2.08. The standard InChI is InChI=1S/C24H39N5O/c1-19-17-22(13-16-29(19)18-20-9-5-3-6-10-20)28-24(25-2)27-15-14-26-23(30)21-11-7-4-8-12-21/h3,5-6,9-10,19,21-22H,4,7-8,11-18H2,1-2H3,(H,26,30)(H2,25,27,28). The highest BCUT2D eigenvalue weighted by Crippen LogP contribution is 2.23. The van der Waals surface area contributed by atoms with Crippen molar-refractivity contribution >= 4 is 11.9 Å². The van der Waals surface area contributed by atoms with Crippen molar-refractivity contribution in [1.82, 2.24) is 20.9 Å². The van der Waals surface area contributed by atoms with Crippen molar-refractivity contribution in [3.05, 3.63) is 35.9 Å². The van der Waals surface area contributed by atoms with Crippen molar-refractivity contribution in [2.24, 2.45) is 10.9 Å². The molecule has 2 fully saturated rings. The SMILES string of the molecule is CN=C(NCCNC(=O)C1CCCCC1)NC1CCN(Cc2ccccc2)C(C)C1. The molecule has 1 aromatic rings. The first kappa shape index (κ1) is 22.6. The molecule has 3 rings (SSSR count). The summed E-state index contributed by atoms with van der Waals surface area (Å²) in [6.45, 7) is 5.75. The number of amides is 1. The molecule has 1 aliphatic carbocycles. The summed E-state index contributed by atoms with van der Waals surface area (Å²) in [4.78, 5) is 19.2. The van der Waals surface area contributed by atoms with Crippen molar-refractivity contribution in [1.29, 1.82) is 0 Å². The topological polar surface area (TPSA) is 68.8 Å². The Morgan fingerprint density at radius 1 is 1.07 bits per heavy atom. The van der Waals surface area contributed by atoms with E-state index in [1.54, 1.807) is 0 Å². The van der Waals surface area contributed by atoms with Crippen LogP contribution in [0.1, 0.15) is 57.4 Å². The van der Waals surface area contributed by atoms with Gasteiger partial charge >= 0.3 is 0 Å². The van der Waals surface area contributed by atoms with E-state index in [-0.39, 0.29) is 11.8 Å². The first-order valence-electron chi connectivity index (χ1n) is 11.7. The second kappa shape index (κ2) is 11.9. The van der Waals surface area contributed by atoms with Crippen LogP contribution in [0.4, 0.5) is 0 Å². The van der Waals surface area contributed by atoms with E-state index in [9.17, 15) is 4.79 Å². The molecule has 166 valence electrons. The maximum absolute atomic E-state index is 12.2. The van der Waals surface area contributed by atoms with E-state index < -0.39 is 0 Å². The number of likely N-dealkylation sites (tertiary alicyclic amines) is 1. The second-order valence-electron chi connectivity index (χ2n) is 8.80. The fraction of sp³-hybridized carbons (Fsp3) is 0.667. The second-order valence-corrected chi connectivity index (χ2v) is 8.80. The molecule has 2 aliphatic rings. The van der Waals surface area contributed by atoms with Crippen LogP contribution >= 0.6 is 0 Å². The van der Waals surface area contributed by atoms with Crippen molar-refractivity contribution in [3.8, 4) is 0 Å². The Kier molecular flexibility index (Phi) is 9.00. The Labute approximate surface area is 181 Å². The van der Waals surface area contributed by atoms with Gasteiger partial charge in [-0.05, 0) is 38.2 Å². The molecule has 1 amide bonds. The van der Waals surface area contributed by atoms with E-state index in [0.717, 1.165) is 44.7 Å². The van der Waals surface area contributed by atoms with Crippen molar-refractivity contribution < 1.29 is 4.79 Å². The van der Waals surface area contributed by atoms with Gasteiger partial charge < -0.3 is 16.0 Å². The molecule has 30 heavy (non-hydrogen) atoms. The van der Waals surface area contributed by atoms with Crippen LogP contribution in [0.15, 0.2) is 35.3 Å². The number of hydrogen-bond donors (Lipinski definition) is 3. The van der Waals surface area contributed by atoms with Gasteiger partial charge in [0.15, 0.2) is 5.96 Å². The lowest BCUT2D eigenvalue weighted by Gasteiger charge is -2.38. The van der Waals surface area contributed by atoms with E-state index in [2.05, 4.69) is 63.1 Å². The summed E-state index contributed by atoms with van der Waals surface area (Å²) in [6.07, 6.45) is 7.96. The van der Waals surface area contributed by atoms with Crippen molar-refractivity contribution in [2.45, 2.75) is 70.5 Å². The molecule has 1 saturated carbocycles. The summed E-state index contributed by atoms with van der Waals surface area (Å²) < 4.78 is 0. The maximum Gasteiger partial charge on any atom is 0.223 e. The maximum atomic E-state index is 12.2. The van der Waals surface area contributed by atoms with Crippen LogP contribution < -0.4 is 16.0 Å². The van der Waals surface area contributed by atoms with Gasteiger partial charge in [0, 0.05) is 51.2 Å². The molecule has 6 nitrogen and oxygen atoms in total. The number of aliphatic imine (C=N–C) groups is 1. The fourth-order valence-electron chi connectivity index (χ4n) is 4.67. The summed E-state index contributed by atoms with van der Waals surface area (Å²) in [7, 11) is 1.81. The quantitative estimate of drug-likeness (QED) is 0.365. The smallest absolute Gasteiger partial charge is 0.223 e. The number of benzene rings is 1. The molecule has 0 spiro atoms. The lowest BCUT2D eigenvalue weighted by molar-refractivity contribution is -0.125. The van der Waals surface area contributed by atoms with Crippen LogP contribution in [0.5, 0.6) is 0 Å².